The van der Waals surface area contributed by atoms with E-state index in [0.717, 1.165) is 52.2 Å². The van der Waals surface area contributed by atoms with Gasteiger partial charge in [-0.3, -0.25) is 0 Å². The monoisotopic (exact) mass is 304 g/mol. The van der Waals surface area contributed by atoms with Crippen molar-refractivity contribution >= 4 is 5.69 Å². The molecule has 2 heterocycles. The molecule has 0 bridgehead atoms. The molecule has 0 aromatic heterocycles. The Morgan fingerprint density at radius 2 is 2.14 bits per heavy atom. The smallest absolute Gasteiger partial charge is 0.147 e. The Bertz CT molecular complexity index is 544. The van der Waals surface area contributed by atoms with Gasteiger partial charge in [0.15, 0.2) is 0 Å². The van der Waals surface area contributed by atoms with Crippen molar-refractivity contribution in [2.24, 2.45) is 5.92 Å². The molecule has 2 aliphatic heterocycles. The van der Waals surface area contributed by atoms with Crippen LogP contribution in [0.3, 0.4) is 0 Å². The molecule has 0 spiro atoms. The zero-order valence-electron chi connectivity index (χ0n) is 12.6. The van der Waals surface area contributed by atoms with E-state index < -0.39 is 0 Å². The number of benzene rings is 1. The van der Waals surface area contributed by atoms with Crippen LogP contribution >= 0.6 is 0 Å². The third-order valence-electron chi connectivity index (χ3n) is 4.45. The van der Waals surface area contributed by atoms with Gasteiger partial charge in [-0.2, -0.15) is 5.26 Å². The number of rotatable bonds is 4. The largest absolute Gasteiger partial charge is 0.381 e. The van der Waals surface area contributed by atoms with Crippen molar-refractivity contribution in [3.05, 3.63) is 29.6 Å². The second-order valence-corrected chi connectivity index (χ2v) is 6.03. The van der Waals surface area contributed by atoms with E-state index in [-0.39, 0.29) is 11.9 Å². The SMILES string of the molecule is N#Cc1ccc(N2CCC(OCC3CCOC3)CC2)c(F)c1. The maximum absolute atomic E-state index is 14.0. The Balaban J connectivity index is 1.50. The number of nitrogens with zero attached hydrogens (tertiary/aromatic N) is 2. The van der Waals surface area contributed by atoms with Gasteiger partial charge in [0.1, 0.15) is 5.82 Å². The van der Waals surface area contributed by atoms with E-state index in [4.69, 9.17) is 14.7 Å². The van der Waals surface area contributed by atoms with Crippen molar-refractivity contribution in [1.82, 2.24) is 0 Å². The number of halogens is 1. The second kappa shape index (κ2) is 7.08. The Labute approximate surface area is 130 Å². The number of nitriles is 1. The van der Waals surface area contributed by atoms with Gasteiger partial charge in [0, 0.05) is 25.6 Å². The summed E-state index contributed by atoms with van der Waals surface area (Å²) in [6.45, 7) is 4.01. The van der Waals surface area contributed by atoms with Crippen LogP contribution in [0.15, 0.2) is 18.2 Å². The number of hydrogen-bond donors (Lipinski definition) is 0. The third-order valence-corrected chi connectivity index (χ3v) is 4.45. The Morgan fingerprint density at radius 3 is 2.77 bits per heavy atom. The fraction of sp³-hybridized carbons (Fsp3) is 0.588. The molecule has 5 heteroatoms. The predicted molar refractivity (Wildman–Crippen MR) is 81.2 cm³/mol. The summed E-state index contributed by atoms with van der Waals surface area (Å²) in [4.78, 5) is 2.04. The topological polar surface area (TPSA) is 45.5 Å². The first-order chi connectivity index (χ1) is 10.8. The van der Waals surface area contributed by atoms with E-state index in [1.807, 2.05) is 11.0 Å². The van der Waals surface area contributed by atoms with Crippen molar-refractivity contribution in [3.8, 4) is 6.07 Å². The highest BCUT2D eigenvalue weighted by atomic mass is 19.1. The highest BCUT2D eigenvalue weighted by molar-refractivity contribution is 5.51. The average molecular weight is 304 g/mol. The summed E-state index contributed by atoms with van der Waals surface area (Å²) in [6.07, 6.45) is 3.17. The lowest BCUT2D eigenvalue weighted by Crippen LogP contribution is -2.38. The normalized spacial score (nSPS) is 22.7. The molecule has 1 aromatic rings. The molecule has 0 saturated carbocycles. The summed E-state index contributed by atoms with van der Waals surface area (Å²) < 4.78 is 25.4. The molecule has 0 amide bonds. The Hall–Kier alpha value is -1.64. The van der Waals surface area contributed by atoms with Gasteiger partial charge >= 0.3 is 0 Å². The van der Waals surface area contributed by atoms with Gasteiger partial charge in [0.05, 0.1) is 36.6 Å². The van der Waals surface area contributed by atoms with Gasteiger partial charge in [-0.25, -0.2) is 4.39 Å². The highest BCUT2D eigenvalue weighted by Crippen LogP contribution is 2.25. The van der Waals surface area contributed by atoms with E-state index >= 15 is 0 Å². The van der Waals surface area contributed by atoms with Crippen LogP contribution in [0.2, 0.25) is 0 Å². The van der Waals surface area contributed by atoms with Crippen LogP contribution in [0, 0.1) is 23.1 Å². The summed E-state index contributed by atoms with van der Waals surface area (Å²) in [7, 11) is 0. The van der Waals surface area contributed by atoms with Gasteiger partial charge in [-0.15, -0.1) is 0 Å². The van der Waals surface area contributed by atoms with Crippen LogP contribution in [0.1, 0.15) is 24.8 Å². The fourth-order valence-electron chi connectivity index (χ4n) is 3.08. The first kappa shape index (κ1) is 15.3. The summed E-state index contributed by atoms with van der Waals surface area (Å²) in [5, 5.41) is 8.79. The van der Waals surface area contributed by atoms with Gasteiger partial charge in [0.25, 0.3) is 0 Å². The van der Waals surface area contributed by atoms with Crippen LogP contribution in [0.5, 0.6) is 0 Å². The molecular weight excluding hydrogens is 283 g/mol. The molecule has 1 atom stereocenters. The first-order valence-electron chi connectivity index (χ1n) is 7.90. The number of hydrogen-bond acceptors (Lipinski definition) is 4. The molecule has 0 N–H and O–H groups in total. The van der Waals surface area contributed by atoms with Crippen LogP contribution in [0.25, 0.3) is 0 Å². The predicted octanol–water partition coefficient (Wildman–Crippen LogP) is 2.72. The first-order valence-corrected chi connectivity index (χ1v) is 7.90. The van der Waals surface area contributed by atoms with E-state index in [2.05, 4.69) is 0 Å². The van der Waals surface area contributed by atoms with Crippen molar-refractivity contribution in [2.45, 2.75) is 25.4 Å². The van der Waals surface area contributed by atoms with Crippen LogP contribution in [-0.2, 0) is 9.47 Å². The van der Waals surface area contributed by atoms with Crippen LogP contribution in [0.4, 0.5) is 10.1 Å². The minimum atomic E-state index is -0.318. The Kier molecular flexibility index (Phi) is 4.91. The fourth-order valence-corrected chi connectivity index (χ4v) is 3.08. The van der Waals surface area contributed by atoms with E-state index in [9.17, 15) is 4.39 Å². The van der Waals surface area contributed by atoms with Gasteiger partial charge in [0.2, 0.25) is 0 Å². The van der Waals surface area contributed by atoms with E-state index in [1.54, 1.807) is 12.1 Å². The molecule has 1 unspecified atom stereocenters. The molecule has 0 aliphatic carbocycles. The second-order valence-electron chi connectivity index (χ2n) is 6.03. The van der Waals surface area contributed by atoms with Crippen molar-refractivity contribution < 1.29 is 13.9 Å². The van der Waals surface area contributed by atoms with Crippen LogP contribution in [-0.4, -0.2) is 39.0 Å². The third kappa shape index (κ3) is 3.57. The zero-order valence-corrected chi connectivity index (χ0v) is 12.6. The summed E-state index contributed by atoms with van der Waals surface area (Å²) >= 11 is 0. The molecule has 4 nitrogen and oxygen atoms in total. The quantitative estimate of drug-likeness (QED) is 0.858. The maximum atomic E-state index is 14.0. The molecule has 3 rings (SSSR count). The molecule has 1 aromatic carbocycles. The molecular formula is C17H21FN2O2. The summed E-state index contributed by atoms with van der Waals surface area (Å²) in [5.74, 6) is 0.218. The lowest BCUT2D eigenvalue weighted by atomic mass is 10.1. The highest BCUT2D eigenvalue weighted by Gasteiger charge is 2.24. The zero-order chi connectivity index (χ0) is 15.4. The van der Waals surface area contributed by atoms with Gasteiger partial charge in [-0.1, -0.05) is 0 Å². The van der Waals surface area contributed by atoms with Crippen molar-refractivity contribution in [1.29, 1.82) is 5.26 Å². The standard InChI is InChI=1S/C17H21FN2O2/c18-16-9-13(10-19)1-2-17(16)20-6-3-15(4-7-20)22-12-14-5-8-21-11-14/h1-2,9,14-15H,3-8,11-12H2. The molecule has 0 radical (unpaired) electrons. The number of anilines is 1. The summed E-state index contributed by atoms with van der Waals surface area (Å²) in [5.41, 5.74) is 0.944. The minimum absolute atomic E-state index is 0.262. The molecule has 2 fully saturated rings. The lowest BCUT2D eigenvalue weighted by Gasteiger charge is -2.34. The van der Waals surface area contributed by atoms with Crippen molar-refractivity contribution in [3.63, 3.8) is 0 Å². The van der Waals surface area contributed by atoms with Gasteiger partial charge in [-0.05, 0) is 37.5 Å². The number of piperidine rings is 1. The number of ether oxygens (including phenoxy) is 2. The van der Waals surface area contributed by atoms with Crippen molar-refractivity contribution in [2.75, 3.05) is 37.8 Å². The maximum Gasteiger partial charge on any atom is 0.147 e. The molecule has 2 saturated heterocycles. The molecule has 22 heavy (non-hydrogen) atoms. The van der Waals surface area contributed by atoms with E-state index in [1.165, 1.54) is 6.07 Å². The molecule has 2 aliphatic rings. The average Bonchev–Trinajstić information content (AvgIpc) is 3.07. The summed E-state index contributed by atoms with van der Waals surface area (Å²) in [6, 6.07) is 6.63. The lowest BCUT2D eigenvalue weighted by molar-refractivity contribution is 0.0131. The minimum Gasteiger partial charge on any atom is -0.381 e. The van der Waals surface area contributed by atoms with E-state index in [0.29, 0.717) is 17.2 Å². The van der Waals surface area contributed by atoms with Gasteiger partial charge < -0.3 is 14.4 Å². The Morgan fingerprint density at radius 1 is 1.32 bits per heavy atom. The van der Waals surface area contributed by atoms with Crippen LogP contribution < -0.4 is 4.90 Å². The molecule has 118 valence electrons.